The zero-order valence-corrected chi connectivity index (χ0v) is 20.0. The summed E-state index contributed by atoms with van der Waals surface area (Å²) in [4.78, 5) is 29.0. The Bertz CT molecular complexity index is 678. The van der Waals surface area contributed by atoms with Gasteiger partial charge in [0.15, 0.2) is 0 Å². The molecule has 0 unspecified atom stereocenters. The Morgan fingerprint density at radius 3 is 1.47 bits per heavy atom. The lowest BCUT2D eigenvalue weighted by molar-refractivity contribution is -0.131. The topological polar surface area (TPSA) is 97.4 Å². The van der Waals surface area contributed by atoms with E-state index in [0.717, 1.165) is 26.2 Å². The molecule has 2 fully saturated rings. The molecular weight excluding hydrogens is 420 g/mol. The number of nitrogens with two attached hydrogens (primary N) is 1. The number of piperidine rings is 2. The average molecular weight is 455 g/mol. The van der Waals surface area contributed by atoms with Crippen LogP contribution >= 0.6 is 23.5 Å². The van der Waals surface area contributed by atoms with Gasteiger partial charge in [0, 0.05) is 26.2 Å². The molecule has 2 aliphatic heterocycles. The van der Waals surface area contributed by atoms with Crippen molar-refractivity contribution in [3.05, 3.63) is 0 Å². The predicted octanol–water partition coefficient (Wildman–Crippen LogP) is 2.19. The molecule has 0 aliphatic carbocycles. The number of thioether (sulfide) groups is 2. The number of rotatable bonds is 6. The van der Waals surface area contributed by atoms with Gasteiger partial charge in [0.2, 0.25) is 22.1 Å². The first kappa shape index (κ1) is 23.2. The number of likely N-dealkylation sites (tertiary alicyclic amines) is 2. The average Bonchev–Trinajstić information content (AvgIpc) is 3.02. The summed E-state index contributed by atoms with van der Waals surface area (Å²) >= 11 is 2.60. The van der Waals surface area contributed by atoms with Crippen molar-refractivity contribution in [2.75, 3.05) is 43.5 Å². The standard InChI is InChI=1S/C20H34N6O2S2/c1-13-5-14(2)8-24(7-13)17(27)11-29-19-22-23-20(26(19)21)30-12-18(28)25-9-15(3)6-16(4)10-25/h13-16H,5-12,21H2,1-4H3/t13-,14-,15-,16+/m1/s1. The van der Waals surface area contributed by atoms with E-state index in [1.807, 2.05) is 9.80 Å². The van der Waals surface area contributed by atoms with Crippen LogP contribution in [-0.2, 0) is 9.59 Å². The SMILES string of the molecule is C[C@@H]1C[C@@H](C)CN(C(=O)CSc2nnc(SCC(=O)N3C[C@H](C)C[C@H](C)C3)n2N)C1. The fourth-order valence-corrected chi connectivity index (χ4v) is 6.21. The molecule has 0 bridgehead atoms. The molecule has 8 nitrogen and oxygen atoms in total. The van der Waals surface area contributed by atoms with E-state index in [1.54, 1.807) is 0 Å². The highest BCUT2D eigenvalue weighted by molar-refractivity contribution is 8.00. The van der Waals surface area contributed by atoms with E-state index in [2.05, 4.69) is 37.9 Å². The Labute approximate surface area is 187 Å². The van der Waals surface area contributed by atoms with Crippen LogP contribution in [0.3, 0.4) is 0 Å². The third-order valence-corrected chi connectivity index (χ3v) is 7.58. The molecule has 1 aromatic heterocycles. The fraction of sp³-hybridized carbons (Fsp3) is 0.800. The van der Waals surface area contributed by atoms with Gasteiger partial charge >= 0.3 is 0 Å². The van der Waals surface area contributed by atoms with Crippen LogP contribution in [0.25, 0.3) is 0 Å². The van der Waals surface area contributed by atoms with E-state index < -0.39 is 0 Å². The highest BCUT2D eigenvalue weighted by Crippen LogP contribution is 2.26. The predicted molar refractivity (Wildman–Crippen MR) is 121 cm³/mol. The van der Waals surface area contributed by atoms with Gasteiger partial charge in [-0.3, -0.25) is 9.59 Å². The first-order valence-corrected chi connectivity index (χ1v) is 12.7. The number of nitrogens with zero attached hydrogens (tertiary/aromatic N) is 5. The maximum atomic E-state index is 12.6. The van der Waals surface area contributed by atoms with E-state index in [-0.39, 0.29) is 11.8 Å². The highest BCUT2D eigenvalue weighted by Gasteiger charge is 2.27. The third kappa shape index (κ3) is 6.06. The number of carbonyl (C=O) groups is 2. The molecule has 0 saturated carbocycles. The Morgan fingerprint density at radius 2 is 1.13 bits per heavy atom. The lowest BCUT2D eigenvalue weighted by Crippen LogP contribution is -2.43. The quantitative estimate of drug-likeness (QED) is 0.520. The molecule has 2 saturated heterocycles. The van der Waals surface area contributed by atoms with Crippen LogP contribution in [-0.4, -0.2) is 74.2 Å². The van der Waals surface area contributed by atoms with Gasteiger partial charge in [-0.15, -0.1) is 10.2 Å². The Morgan fingerprint density at radius 1 is 0.800 bits per heavy atom. The van der Waals surface area contributed by atoms with Gasteiger partial charge in [0.05, 0.1) is 11.5 Å². The molecule has 3 heterocycles. The largest absolute Gasteiger partial charge is 0.341 e. The van der Waals surface area contributed by atoms with Crippen molar-refractivity contribution < 1.29 is 9.59 Å². The zero-order chi connectivity index (χ0) is 21.8. The van der Waals surface area contributed by atoms with Gasteiger partial charge in [-0.05, 0) is 36.5 Å². The summed E-state index contributed by atoms with van der Waals surface area (Å²) in [6.07, 6.45) is 2.34. The lowest BCUT2D eigenvalue weighted by Gasteiger charge is -2.35. The van der Waals surface area contributed by atoms with Gasteiger partial charge < -0.3 is 15.6 Å². The minimum Gasteiger partial charge on any atom is -0.341 e. The molecule has 2 aliphatic rings. The minimum atomic E-state index is 0.110. The van der Waals surface area contributed by atoms with Crippen molar-refractivity contribution in [2.24, 2.45) is 23.7 Å². The molecule has 0 radical (unpaired) electrons. The van der Waals surface area contributed by atoms with Crippen LogP contribution < -0.4 is 5.84 Å². The monoisotopic (exact) mass is 454 g/mol. The Balaban J connectivity index is 1.48. The van der Waals surface area contributed by atoms with Crippen LogP contribution in [0.4, 0.5) is 0 Å². The lowest BCUT2D eigenvalue weighted by atomic mass is 9.92. The van der Waals surface area contributed by atoms with Crippen LogP contribution in [0.5, 0.6) is 0 Å². The summed E-state index contributed by atoms with van der Waals surface area (Å²) in [6.45, 7) is 12.0. The van der Waals surface area contributed by atoms with E-state index in [9.17, 15) is 9.59 Å². The molecule has 1 aromatic rings. The summed E-state index contributed by atoms with van der Waals surface area (Å²) < 4.78 is 1.39. The van der Waals surface area contributed by atoms with E-state index in [0.29, 0.717) is 45.5 Å². The smallest absolute Gasteiger partial charge is 0.233 e. The number of amides is 2. The Kier molecular flexibility index (Phi) is 7.95. The molecule has 2 amide bonds. The Hall–Kier alpha value is -1.42. The third-order valence-electron chi connectivity index (χ3n) is 5.73. The minimum absolute atomic E-state index is 0.110. The van der Waals surface area contributed by atoms with Crippen LogP contribution in [0, 0.1) is 23.7 Å². The van der Waals surface area contributed by atoms with E-state index >= 15 is 0 Å². The van der Waals surface area contributed by atoms with Crippen molar-refractivity contribution >= 4 is 35.3 Å². The van der Waals surface area contributed by atoms with Gasteiger partial charge in [0.1, 0.15) is 0 Å². The number of hydrogen-bond acceptors (Lipinski definition) is 7. The summed E-state index contributed by atoms with van der Waals surface area (Å²) in [6, 6.07) is 0. The van der Waals surface area contributed by atoms with Crippen LogP contribution in [0.2, 0.25) is 0 Å². The molecule has 30 heavy (non-hydrogen) atoms. The second kappa shape index (κ2) is 10.3. The summed E-state index contributed by atoms with van der Waals surface area (Å²) in [7, 11) is 0. The summed E-state index contributed by atoms with van der Waals surface area (Å²) in [5.74, 6) is 9.07. The summed E-state index contributed by atoms with van der Waals surface area (Å²) in [5.41, 5.74) is 0. The van der Waals surface area contributed by atoms with Crippen molar-refractivity contribution in [2.45, 2.75) is 50.8 Å². The van der Waals surface area contributed by atoms with Crippen LogP contribution in [0.1, 0.15) is 40.5 Å². The summed E-state index contributed by atoms with van der Waals surface area (Å²) in [5, 5.41) is 9.22. The van der Waals surface area contributed by atoms with Gasteiger partial charge in [0.25, 0.3) is 0 Å². The van der Waals surface area contributed by atoms with Gasteiger partial charge in [-0.1, -0.05) is 51.2 Å². The molecule has 3 rings (SSSR count). The van der Waals surface area contributed by atoms with Crippen molar-refractivity contribution in [1.29, 1.82) is 0 Å². The maximum absolute atomic E-state index is 12.6. The second-order valence-electron chi connectivity index (χ2n) is 9.20. The molecule has 4 atom stereocenters. The zero-order valence-electron chi connectivity index (χ0n) is 18.4. The molecule has 0 spiro atoms. The number of hydrogen-bond donors (Lipinski definition) is 1. The number of nitrogen functional groups attached to an aromatic ring is 1. The highest BCUT2D eigenvalue weighted by atomic mass is 32.2. The van der Waals surface area contributed by atoms with Crippen molar-refractivity contribution in [3.8, 4) is 0 Å². The normalized spacial score (nSPS) is 27.3. The molecule has 0 aromatic carbocycles. The molecular formula is C20H34N6O2S2. The number of aromatic nitrogens is 3. The van der Waals surface area contributed by atoms with Gasteiger partial charge in [-0.2, -0.15) is 0 Å². The maximum Gasteiger partial charge on any atom is 0.233 e. The molecule has 2 N–H and O–H groups in total. The van der Waals surface area contributed by atoms with Crippen LogP contribution in [0.15, 0.2) is 10.3 Å². The molecule has 168 valence electrons. The van der Waals surface area contributed by atoms with E-state index in [1.165, 1.54) is 41.0 Å². The van der Waals surface area contributed by atoms with Crippen molar-refractivity contribution in [3.63, 3.8) is 0 Å². The van der Waals surface area contributed by atoms with Gasteiger partial charge in [-0.25, -0.2) is 4.68 Å². The second-order valence-corrected chi connectivity index (χ2v) is 11.1. The first-order chi connectivity index (χ1) is 14.2. The fourth-order valence-electron chi connectivity index (χ4n) is 4.63. The molecule has 10 heteroatoms. The van der Waals surface area contributed by atoms with E-state index in [4.69, 9.17) is 5.84 Å². The number of carbonyl (C=O) groups excluding carboxylic acids is 2. The van der Waals surface area contributed by atoms with Crippen molar-refractivity contribution in [1.82, 2.24) is 24.7 Å². The first-order valence-electron chi connectivity index (χ1n) is 10.7.